The zero-order chi connectivity index (χ0) is 15.4. The Balaban J connectivity index is 1.64. The molecule has 5 nitrogen and oxygen atoms in total. The number of nitrogens with zero attached hydrogens (tertiary/aromatic N) is 4. The van der Waals surface area contributed by atoms with Crippen molar-refractivity contribution in [2.75, 3.05) is 13.6 Å². The fourth-order valence-corrected chi connectivity index (χ4v) is 2.78. The molecule has 2 aromatic rings. The van der Waals surface area contributed by atoms with Crippen molar-refractivity contribution < 1.29 is 4.84 Å². The van der Waals surface area contributed by atoms with Crippen LogP contribution in [0.3, 0.4) is 0 Å². The maximum absolute atomic E-state index is 5.50. The van der Waals surface area contributed by atoms with Crippen LogP contribution in [0.2, 0.25) is 0 Å². The van der Waals surface area contributed by atoms with Gasteiger partial charge in [-0.3, -0.25) is 4.90 Å². The first-order chi connectivity index (χ1) is 10.8. The lowest BCUT2D eigenvalue weighted by Crippen LogP contribution is -2.29. The molecule has 1 atom stereocenters. The molecule has 3 rings (SSSR count). The quantitative estimate of drug-likeness (QED) is 0.823. The Morgan fingerprint density at radius 3 is 2.91 bits per heavy atom. The first-order valence-electron chi connectivity index (χ1n) is 7.74. The number of oxime groups is 1. The molecule has 0 bridgehead atoms. The van der Waals surface area contributed by atoms with Crippen molar-refractivity contribution in [1.29, 1.82) is 0 Å². The van der Waals surface area contributed by atoms with E-state index in [1.807, 2.05) is 23.0 Å². The molecule has 0 unspecified atom stereocenters. The number of aromatic nitrogens is 2. The average Bonchev–Trinajstić information content (AvgIpc) is 3.19. The second kappa shape index (κ2) is 6.75. The predicted molar refractivity (Wildman–Crippen MR) is 87.1 cm³/mol. The van der Waals surface area contributed by atoms with Gasteiger partial charge in [0.2, 0.25) is 0 Å². The zero-order valence-electron chi connectivity index (χ0n) is 13.1. The summed E-state index contributed by atoms with van der Waals surface area (Å²) in [7, 11) is 2.12. The number of rotatable bonds is 6. The molecule has 5 heteroatoms. The van der Waals surface area contributed by atoms with Gasteiger partial charge in [-0.25, -0.2) is 4.68 Å². The molecule has 1 aromatic carbocycles. The maximum atomic E-state index is 5.50. The highest BCUT2D eigenvalue weighted by Crippen LogP contribution is 2.18. The second-order valence-electron chi connectivity index (χ2n) is 5.72. The van der Waals surface area contributed by atoms with Crippen molar-refractivity contribution in [3.05, 3.63) is 48.3 Å². The predicted octanol–water partition coefficient (Wildman–Crippen LogP) is 2.86. The van der Waals surface area contributed by atoms with Crippen LogP contribution in [0.1, 0.15) is 25.3 Å². The third kappa shape index (κ3) is 3.36. The summed E-state index contributed by atoms with van der Waals surface area (Å²) in [6.07, 6.45) is 5.87. The van der Waals surface area contributed by atoms with E-state index in [-0.39, 0.29) is 6.10 Å². The van der Waals surface area contributed by atoms with E-state index in [2.05, 4.69) is 47.3 Å². The number of benzene rings is 1. The van der Waals surface area contributed by atoms with E-state index < -0.39 is 0 Å². The number of likely N-dealkylation sites (N-methyl/N-ethyl adjacent to an activating group) is 1. The fraction of sp³-hybridized carbons (Fsp3) is 0.412. The van der Waals surface area contributed by atoms with Crippen LogP contribution in [0.15, 0.2) is 47.9 Å². The topological polar surface area (TPSA) is 42.6 Å². The van der Waals surface area contributed by atoms with Crippen molar-refractivity contribution in [3.8, 4) is 5.69 Å². The van der Waals surface area contributed by atoms with Crippen LogP contribution in [0.25, 0.3) is 5.69 Å². The fourth-order valence-electron chi connectivity index (χ4n) is 2.78. The molecule has 0 saturated carbocycles. The minimum absolute atomic E-state index is 0.178. The molecule has 1 aromatic heterocycles. The van der Waals surface area contributed by atoms with Crippen molar-refractivity contribution >= 4 is 5.71 Å². The molecule has 0 amide bonds. The highest BCUT2D eigenvalue weighted by Gasteiger charge is 2.21. The molecule has 0 saturated heterocycles. The maximum Gasteiger partial charge on any atom is 0.145 e. The smallest absolute Gasteiger partial charge is 0.145 e. The lowest BCUT2D eigenvalue weighted by Gasteiger charge is -2.21. The molecule has 2 heterocycles. The molecule has 22 heavy (non-hydrogen) atoms. The molecule has 0 spiro atoms. The zero-order valence-corrected chi connectivity index (χ0v) is 13.1. The van der Waals surface area contributed by atoms with Crippen LogP contribution in [0, 0.1) is 0 Å². The van der Waals surface area contributed by atoms with E-state index in [4.69, 9.17) is 4.84 Å². The highest BCUT2D eigenvalue weighted by atomic mass is 16.6. The summed E-state index contributed by atoms with van der Waals surface area (Å²) in [6, 6.07) is 10.3. The van der Waals surface area contributed by atoms with Gasteiger partial charge in [-0.1, -0.05) is 30.3 Å². The largest absolute Gasteiger partial charge is 0.391 e. The van der Waals surface area contributed by atoms with Crippen LogP contribution >= 0.6 is 0 Å². The van der Waals surface area contributed by atoms with Gasteiger partial charge in [0.25, 0.3) is 0 Å². The van der Waals surface area contributed by atoms with Gasteiger partial charge >= 0.3 is 0 Å². The minimum Gasteiger partial charge on any atom is -0.391 e. The summed E-state index contributed by atoms with van der Waals surface area (Å²) in [6.45, 7) is 3.85. The number of hydrogen-bond acceptors (Lipinski definition) is 4. The minimum atomic E-state index is 0.178. The van der Waals surface area contributed by atoms with E-state index >= 15 is 0 Å². The van der Waals surface area contributed by atoms with Gasteiger partial charge in [0, 0.05) is 31.9 Å². The number of hydrogen-bond donors (Lipinski definition) is 0. The Hall–Kier alpha value is -2.14. The van der Waals surface area contributed by atoms with E-state index in [0.29, 0.717) is 0 Å². The second-order valence-corrected chi connectivity index (χ2v) is 5.72. The molecule has 1 aliphatic rings. The van der Waals surface area contributed by atoms with Gasteiger partial charge in [0.05, 0.1) is 11.4 Å². The first kappa shape index (κ1) is 14.8. The van der Waals surface area contributed by atoms with Crippen LogP contribution in [0.5, 0.6) is 0 Å². The van der Waals surface area contributed by atoms with Gasteiger partial charge < -0.3 is 4.84 Å². The highest BCUT2D eigenvalue weighted by molar-refractivity contribution is 5.85. The first-order valence-corrected chi connectivity index (χ1v) is 7.74. The number of para-hydroxylation sites is 1. The van der Waals surface area contributed by atoms with Crippen molar-refractivity contribution in [1.82, 2.24) is 14.7 Å². The molecule has 0 aliphatic carbocycles. The Bertz CT molecular complexity index is 636. The van der Waals surface area contributed by atoms with Crippen molar-refractivity contribution in [2.24, 2.45) is 5.16 Å². The normalized spacial score (nSPS) is 17.6. The standard InChI is InChI=1S/C17H22N4O/c1-3-15-11-16(22-19-15)13-20(2)12-14-7-4-5-8-17(14)21-10-6-9-18-21/h4-10,16H,3,11-13H2,1-2H3/t16-/m1/s1. The SMILES string of the molecule is CCC1=NO[C@@H](CN(C)Cc2ccccc2-n2cccn2)C1. The summed E-state index contributed by atoms with van der Waals surface area (Å²) in [5.41, 5.74) is 3.54. The molecular weight excluding hydrogens is 276 g/mol. The Labute approximate surface area is 131 Å². The van der Waals surface area contributed by atoms with E-state index in [1.165, 1.54) is 5.56 Å². The lowest BCUT2D eigenvalue weighted by molar-refractivity contribution is 0.0576. The molecule has 0 N–H and O–H groups in total. The third-order valence-electron chi connectivity index (χ3n) is 3.90. The van der Waals surface area contributed by atoms with Crippen LogP contribution < -0.4 is 0 Å². The summed E-state index contributed by atoms with van der Waals surface area (Å²) >= 11 is 0. The van der Waals surface area contributed by atoms with Gasteiger partial charge in [0.1, 0.15) is 6.10 Å². The van der Waals surface area contributed by atoms with Gasteiger partial charge in [-0.2, -0.15) is 5.10 Å². The summed E-state index contributed by atoms with van der Waals surface area (Å²) in [5, 5.41) is 8.46. The molecule has 0 fully saturated rings. The summed E-state index contributed by atoms with van der Waals surface area (Å²) < 4.78 is 1.91. The van der Waals surface area contributed by atoms with Gasteiger partial charge in [-0.05, 0) is 31.2 Å². The third-order valence-corrected chi connectivity index (χ3v) is 3.90. The molecule has 116 valence electrons. The average molecular weight is 298 g/mol. The van der Waals surface area contributed by atoms with Crippen LogP contribution in [-0.2, 0) is 11.4 Å². The van der Waals surface area contributed by atoms with Gasteiger partial charge in [-0.15, -0.1) is 0 Å². The molecule has 0 radical (unpaired) electrons. The van der Waals surface area contributed by atoms with E-state index in [9.17, 15) is 0 Å². The molecule has 1 aliphatic heterocycles. The monoisotopic (exact) mass is 298 g/mol. The molecular formula is C17H22N4O. The summed E-state index contributed by atoms with van der Waals surface area (Å²) in [4.78, 5) is 7.77. The van der Waals surface area contributed by atoms with E-state index in [0.717, 1.165) is 37.3 Å². The summed E-state index contributed by atoms with van der Waals surface area (Å²) in [5.74, 6) is 0. The Morgan fingerprint density at radius 1 is 1.32 bits per heavy atom. The van der Waals surface area contributed by atoms with Crippen molar-refractivity contribution in [2.45, 2.75) is 32.4 Å². The Kier molecular flexibility index (Phi) is 4.53. The van der Waals surface area contributed by atoms with Crippen LogP contribution in [-0.4, -0.2) is 40.1 Å². The van der Waals surface area contributed by atoms with Crippen LogP contribution in [0.4, 0.5) is 0 Å². The van der Waals surface area contributed by atoms with Gasteiger partial charge in [0.15, 0.2) is 0 Å². The lowest BCUT2D eigenvalue weighted by atomic mass is 10.1. The van der Waals surface area contributed by atoms with Crippen molar-refractivity contribution in [3.63, 3.8) is 0 Å². The van der Waals surface area contributed by atoms with E-state index in [1.54, 1.807) is 6.20 Å². The Morgan fingerprint density at radius 2 is 2.18 bits per heavy atom.